The first-order chi connectivity index (χ1) is 11.2. The van der Waals surface area contributed by atoms with Crippen LogP contribution in [0.25, 0.3) is 0 Å². The lowest BCUT2D eigenvalue weighted by molar-refractivity contribution is -0.120. The highest BCUT2D eigenvalue weighted by Crippen LogP contribution is 2.10. The minimum atomic E-state index is -0.404. The number of hydrogen-bond donors (Lipinski definition) is 2. The largest absolute Gasteiger partial charge is 0.497 e. The van der Waals surface area contributed by atoms with Gasteiger partial charge in [-0.05, 0) is 29.8 Å². The third kappa shape index (κ3) is 5.28. The van der Waals surface area contributed by atoms with E-state index < -0.39 is 5.91 Å². The summed E-state index contributed by atoms with van der Waals surface area (Å²) in [5.74, 6) is -0.0802. The number of amides is 2. The molecule has 0 saturated carbocycles. The molecule has 0 spiro atoms. The van der Waals surface area contributed by atoms with Gasteiger partial charge in [0.25, 0.3) is 11.8 Å². The number of benzene rings is 2. The van der Waals surface area contributed by atoms with Crippen molar-refractivity contribution in [2.45, 2.75) is 0 Å². The van der Waals surface area contributed by atoms with E-state index in [1.165, 1.54) is 6.21 Å². The first-order valence-corrected chi connectivity index (χ1v) is 6.98. The lowest BCUT2D eigenvalue weighted by Crippen LogP contribution is -2.34. The number of methoxy groups -OCH3 is 1. The third-order valence-corrected chi connectivity index (χ3v) is 2.96. The molecule has 0 atom stereocenters. The van der Waals surface area contributed by atoms with Crippen LogP contribution in [0.15, 0.2) is 59.7 Å². The zero-order valence-electron chi connectivity index (χ0n) is 12.7. The Morgan fingerprint density at radius 3 is 2.43 bits per heavy atom. The molecule has 6 nitrogen and oxygen atoms in total. The molecule has 0 radical (unpaired) electrons. The van der Waals surface area contributed by atoms with Crippen LogP contribution >= 0.6 is 0 Å². The van der Waals surface area contributed by atoms with Gasteiger partial charge < -0.3 is 10.1 Å². The maximum absolute atomic E-state index is 11.9. The highest BCUT2D eigenvalue weighted by Gasteiger charge is 2.07. The molecule has 0 unspecified atom stereocenters. The highest BCUT2D eigenvalue weighted by atomic mass is 16.5. The molecule has 0 heterocycles. The minimum absolute atomic E-state index is 0.156. The fourth-order valence-corrected chi connectivity index (χ4v) is 1.76. The fraction of sp³-hybridized carbons (Fsp3) is 0.118. The number of carbonyl (C=O) groups is 2. The van der Waals surface area contributed by atoms with Gasteiger partial charge in [0.2, 0.25) is 0 Å². The molecule has 0 bridgehead atoms. The zero-order chi connectivity index (χ0) is 16.5. The molecule has 0 aliphatic rings. The van der Waals surface area contributed by atoms with Gasteiger partial charge in [-0.3, -0.25) is 9.59 Å². The van der Waals surface area contributed by atoms with E-state index >= 15 is 0 Å². The number of nitrogens with one attached hydrogen (secondary N) is 2. The molecule has 0 fully saturated rings. The summed E-state index contributed by atoms with van der Waals surface area (Å²) in [7, 11) is 1.55. The summed E-state index contributed by atoms with van der Waals surface area (Å²) in [4.78, 5) is 23.5. The van der Waals surface area contributed by atoms with Crippen LogP contribution in [0.5, 0.6) is 5.75 Å². The second-order valence-electron chi connectivity index (χ2n) is 4.62. The second-order valence-corrected chi connectivity index (χ2v) is 4.62. The van der Waals surface area contributed by atoms with E-state index in [-0.39, 0.29) is 12.5 Å². The SMILES string of the molecule is COc1ccc(C(=O)NCC(=O)NN=Cc2ccccc2)cc1. The molecule has 23 heavy (non-hydrogen) atoms. The summed E-state index contributed by atoms with van der Waals surface area (Å²) in [6, 6.07) is 16.0. The van der Waals surface area contributed by atoms with Gasteiger partial charge in [-0.25, -0.2) is 5.43 Å². The molecule has 6 heteroatoms. The van der Waals surface area contributed by atoms with E-state index in [2.05, 4.69) is 15.8 Å². The first-order valence-electron chi connectivity index (χ1n) is 6.98. The monoisotopic (exact) mass is 311 g/mol. The lowest BCUT2D eigenvalue weighted by Gasteiger charge is -2.05. The molecule has 2 rings (SSSR count). The van der Waals surface area contributed by atoms with Crippen molar-refractivity contribution < 1.29 is 14.3 Å². The van der Waals surface area contributed by atoms with Crippen molar-refractivity contribution in [1.29, 1.82) is 0 Å². The molecule has 2 aromatic rings. The normalized spacial score (nSPS) is 10.3. The molecule has 0 aliphatic heterocycles. The molecule has 2 N–H and O–H groups in total. The summed E-state index contributed by atoms with van der Waals surface area (Å²) in [6.07, 6.45) is 1.53. The van der Waals surface area contributed by atoms with E-state index in [1.807, 2.05) is 30.3 Å². The predicted octanol–water partition coefficient (Wildman–Crippen LogP) is 1.58. The zero-order valence-corrected chi connectivity index (χ0v) is 12.7. The van der Waals surface area contributed by atoms with E-state index in [1.54, 1.807) is 31.4 Å². The molecular formula is C17H17N3O3. The van der Waals surface area contributed by atoms with Crippen molar-refractivity contribution in [2.24, 2.45) is 5.10 Å². The van der Waals surface area contributed by atoms with Crippen LogP contribution in [0.1, 0.15) is 15.9 Å². The summed E-state index contributed by atoms with van der Waals surface area (Å²) < 4.78 is 5.02. The minimum Gasteiger partial charge on any atom is -0.497 e. The quantitative estimate of drug-likeness (QED) is 0.628. The van der Waals surface area contributed by atoms with Crippen molar-refractivity contribution in [3.05, 3.63) is 65.7 Å². The highest BCUT2D eigenvalue weighted by molar-refractivity contribution is 5.96. The Balaban J connectivity index is 1.77. The number of nitrogens with zero attached hydrogens (tertiary/aromatic N) is 1. The molecule has 0 aliphatic carbocycles. The van der Waals surface area contributed by atoms with Gasteiger partial charge in [0.05, 0.1) is 19.9 Å². The van der Waals surface area contributed by atoms with Crippen LogP contribution in [0.2, 0.25) is 0 Å². The number of rotatable bonds is 6. The molecular weight excluding hydrogens is 294 g/mol. The van der Waals surface area contributed by atoms with Crippen molar-refractivity contribution >= 4 is 18.0 Å². The Morgan fingerprint density at radius 1 is 1.09 bits per heavy atom. The Labute approximate surface area is 134 Å². The Morgan fingerprint density at radius 2 is 1.78 bits per heavy atom. The average Bonchev–Trinajstić information content (AvgIpc) is 2.60. The summed E-state index contributed by atoms with van der Waals surface area (Å²) in [6.45, 7) is -0.156. The van der Waals surface area contributed by atoms with Crippen LogP contribution in [0, 0.1) is 0 Å². The fourth-order valence-electron chi connectivity index (χ4n) is 1.76. The molecule has 118 valence electrons. The topological polar surface area (TPSA) is 79.8 Å². The van der Waals surface area contributed by atoms with Gasteiger partial charge in [0.1, 0.15) is 5.75 Å². The summed E-state index contributed by atoms with van der Waals surface area (Å²) >= 11 is 0. The Kier molecular flexibility index (Phi) is 5.88. The Hall–Kier alpha value is -3.15. The maximum atomic E-state index is 11.9. The van der Waals surface area contributed by atoms with Crippen LogP contribution < -0.4 is 15.5 Å². The van der Waals surface area contributed by atoms with Gasteiger partial charge in [-0.2, -0.15) is 5.10 Å². The van der Waals surface area contributed by atoms with Crippen LogP contribution in [0.4, 0.5) is 0 Å². The van der Waals surface area contributed by atoms with Gasteiger partial charge >= 0.3 is 0 Å². The van der Waals surface area contributed by atoms with Crippen LogP contribution in [0.3, 0.4) is 0 Å². The van der Waals surface area contributed by atoms with Gasteiger partial charge in [-0.15, -0.1) is 0 Å². The maximum Gasteiger partial charge on any atom is 0.259 e. The molecule has 2 amide bonds. The van der Waals surface area contributed by atoms with Crippen molar-refractivity contribution in [3.8, 4) is 5.75 Å². The van der Waals surface area contributed by atoms with Crippen LogP contribution in [-0.2, 0) is 4.79 Å². The number of carbonyl (C=O) groups excluding carboxylic acids is 2. The number of hydrogen-bond acceptors (Lipinski definition) is 4. The van der Waals surface area contributed by atoms with E-state index in [0.717, 1.165) is 5.56 Å². The van der Waals surface area contributed by atoms with Gasteiger partial charge in [0.15, 0.2) is 0 Å². The van der Waals surface area contributed by atoms with Gasteiger partial charge in [-0.1, -0.05) is 30.3 Å². The van der Waals surface area contributed by atoms with Gasteiger partial charge in [0, 0.05) is 5.56 Å². The van der Waals surface area contributed by atoms with E-state index in [9.17, 15) is 9.59 Å². The average molecular weight is 311 g/mol. The predicted molar refractivity (Wildman–Crippen MR) is 87.5 cm³/mol. The van der Waals surface area contributed by atoms with Crippen LogP contribution in [-0.4, -0.2) is 31.7 Å². The number of hydrazone groups is 1. The molecule has 2 aromatic carbocycles. The lowest BCUT2D eigenvalue weighted by atomic mass is 10.2. The van der Waals surface area contributed by atoms with Crippen molar-refractivity contribution in [1.82, 2.24) is 10.7 Å². The molecule has 0 aromatic heterocycles. The second kappa shape index (κ2) is 8.33. The third-order valence-electron chi connectivity index (χ3n) is 2.96. The van der Waals surface area contributed by atoms with Crippen molar-refractivity contribution in [2.75, 3.05) is 13.7 Å². The smallest absolute Gasteiger partial charge is 0.259 e. The summed E-state index contributed by atoms with van der Waals surface area (Å²) in [5.41, 5.74) is 3.67. The van der Waals surface area contributed by atoms with E-state index in [4.69, 9.17) is 4.74 Å². The standard InChI is InChI=1S/C17H17N3O3/c1-23-15-9-7-14(8-10-15)17(22)18-12-16(21)20-19-11-13-5-3-2-4-6-13/h2-11H,12H2,1H3,(H,18,22)(H,20,21). The Bertz CT molecular complexity index is 682. The number of ether oxygens (including phenoxy) is 1. The molecule has 0 saturated heterocycles. The first kappa shape index (κ1) is 16.2. The summed E-state index contributed by atoms with van der Waals surface area (Å²) in [5, 5.41) is 6.34. The van der Waals surface area contributed by atoms with E-state index in [0.29, 0.717) is 11.3 Å². The van der Waals surface area contributed by atoms with Crippen molar-refractivity contribution in [3.63, 3.8) is 0 Å².